The first kappa shape index (κ1) is 11.4. The summed E-state index contributed by atoms with van der Waals surface area (Å²) in [4.78, 5) is 15.3. The number of pyridine rings is 1. The zero-order valence-corrected chi connectivity index (χ0v) is 10.9. The van der Waals surface area contributed by atoms with Gasteiger partial charge in [0.25, 0.3) is 0 Å². The van der Waals surface area contributed by atoms with E-state index >= 15 is 0 Å². The molecule has 1 aliphatic rings. The molecule has 3 heterocycles. The molecule has 0 saturated carbocycles. The lowest BCUT2D eigenvalue weighted by molar-refractivity contribution is 0.842. The maximum atomic E-state index is 6.17. The second-order valence-corrected chi connectivity index (χ2v) is 4.68. The topological polar surface area (TPSA) is 41.9 Å². The standard InChI is InChI=1S/C13H13ClN4/c1-2-12-16-6-9-7-18(8-11(9)17-12)13-10(14)4-3-5-15-13/h3-6H,2,7-8H2,1H3. The molecule has 5 heteroatoms. The third-order valence-corrected chi connectivity index (χ3v) is 3.36. The van der Waals surface area contributed by atoms with Gasteiger partial charge in [-0.2, -0.15) is 0 Å². The molecule has 0 amide bonds. The van der Waals surface area contributed by atoms with Crippen molar-refractivity contribution >= 4 is 17.4 Å². The summed E-state index contributed by atoms with van der Waals surface area (Å²) in [5.41, 5.74) is 2.25. The van der Waals surface area contributed by atoms with E-state index in [1.807, 2.05) is 18.3 Å². The van der Waals surface area contributed by atoms with Gasteiger partial charge in [0.1, 0.15) is 11.6 Å². The number of hydrogen-bond acceptors (Lipinski definition) is 4. The first-order valence-electron chi connectivity index (χ1n) is 5.97. The van der Waals surface area contributed by atoms with Crippen LogP contribution in [0.3, 0.4) is 0 Å². The van der Waals surface area contributed by atoms with Crippen molar-refractivity contribution in [3.63, 3.8) is 0 Å². The van der Waals surface area contributed by atoms with Gasteiger partial charge < -0.3 is 4.90 Å². The highest BCUT2D eigenvalue weighted by Crippen LogP contribution is 2.30. The van der Waals surface area contributed by atoms with Crippen LogP contribution in [0.5, 0.6) is 0 Å². The summed E-state index contributed by atoms with van der Waals surface area (Å²) in [5, 5.41) is 0.675. The monoisotopic (exact) mass is 260 g/mol. The van der Waals surface area contributed by atoms with E-state index in [9.17, 15) is 0 Å². The van der Waals surface area contributed by atoms with Gasteiger partial charge in [-0.25, -0.2) is 15.0 Å². The van der Waals surface area contributed by atoms with Gasteiger partial charge in [0.05, 0.1) is 17.3 Å². The molecule has 0 spiro atoms. The van der Waals surface area contributed by atoms with E-state index in [1.165, 1.54) is 0 Å². The van der Waals surface area contributed by atoms with Crippen molar-refractivity contribution in [2.45, 2.75) is 26.4 Å². The fourth-order valence-electron chi connectivity index (χ4n) is 2.12. The van der Waals surface area contributed by atoms with Gasteiger partial charge in [-0.1, -0.05) is 18.5 Å². The summed E-state index contributed by atoms with van der Waals surface area (Å²) < 4.78 is 0. The molecule has 0 aromatic carbocycles. The van der Waals surface area contributed by atoms with Gasteiger partial charge in [-0.15, -0.1) is 0 Å². The number of hydrogen-bond donors (Lipinski definition) is 0. The number of anilines is 1. The van der Waals surface area contributed by atoms with Crippen molar-refractivity contribution in [2.24, 2.45) is 0 Å². The Morgan fingerprint density at radius 2 is 2.22 bits per heavy atom. The molecule has 0 N–H and O–H groups in total. The Balaban J connectivity index is 1.91. The first-order chi connectivity index (χ1) is 8.78. The molecule has 0 atom stereocenters. The molecule has 1 aliphatic heterocycles. The first-order valence-corrected chi connectivity index (χ1v) is 6.35. The van der Waals surface area contributed by atoms with Gasteiger partial charge in [0.2, 0.25) is 0 Å². The lowest BCUT2D eigenvalue weighted by atomic mass is 10.3. The van der Waals surface area contributed by atoms with Crippen LogP contribution in [0.25, 0.3) is 0 Å². The molecule has 4 nitrogen and oxygen atoms in total. The maximum absolute atomic E-state index is 6.17. The van der Waals surface area contributed by atoms with Gasteiger partial charge >= 0.3 is 0 Å². The molecule has 0 saturated heterocycles. The van der Waals surface area contributed by atoms with Crippen molar-refractivity contribution < 1.29 is 0 Å². The highest BCUT2D eigenvalue weighted by Gasteiger charge is 2.23. The van der Waals surface area contributed by atoms with E-state index in [-0.39, 0.29) is 0 Å². The summed E-state index contributed by atoms with van der Waals surface area (Å²) in [6.45, 7) is 3.59. The second kappa shape index (κ2) is 4.53. The predicted octanol–water partition coefficient (Wildman–Crippen LogP) is 2.61. The predicted molar refractivity (Wildman–Crippen MR) is 70.5 cm³/mol. The van der Waals surface area contributed by atoms with Crippen LogP contribution in [0.4, 0.5) is 5.82 Å². The van der Waals surface area contributed by atoms with Crippen molar-refractivity contribution in [1.29, 1.82) is 0 Å². The highest BCUT2D eigenvalue weighted by molar-refractivity contribution is 6.32. The highest BCUT2D eigenvalue weighted by atomic mass is 35.5. The van der Waals surface area contributed by atoms with E-state index in [0.29, 0.717) is 5.02 Å². The molecular formula is C13H13ClN4. The van der Waals surface area contributed by atoms with Crippen LogP contribution in [-0.4, -0.2) is 15.0 Å². The van der Waals surface area contributed by atoms with Crippen LogP contribution >= 0.6 is 11.6 Å². The smallest absolute Gasteiger partial charge is 0.147 e. The zero-order chi connectivity index (χ0) is 12.5. The van der Waals surface area contributed by atoms with Crippen molar-refractivity contribution in [1.82, 2.24) is 15.0 Å². The molecule has 0 fully saturated rings. The zero-order valence-electron chi connectivity index (χ0n) is 10.1. The van der Waals surface area contributed by atoms with Crippen LogP contribution in [-0.2, 0) is 19.5 Å². The SMILES string of the molecule is CCc1ncc2c(n1)CN(c1ncccc1Cl)C2. The molecular weight excluding hydrogens is 248 g/mol. The van der Waals surface area contributed by atoms with Crippen LogP contribution in [0.2, 0.25) is 5.02 Å². The summed E-state index contributed by atoms with van der Waals surface area (Å²) in [6, 6.07) is 3.69. The second-order valence-electron chi connectivity index (χ2n) is 4.28. The fraction of sp³-hybridized carbons (Fsp3) is 0.308. The number of nitrogens with zero attached hydrogens (tertiary/aromatic N) is 4. The Morgan fingerprint density at radius 1 is 1.33 bits per heavy atom. The maximum Gasteiger partial charge on any atom is 0.147 e. The Morgan fingerprint density at radius 3 is 3.00 bits per heavy atom. The van der Waals surface area contributed by atoms with Gasteiger partial charge in [-0.3, -0.25) is 0 Å². The van der Waals surface area contributed by atoms with E-state index in [0.717, 1.165) is 42.4 Å². The average molecular weight is 261 g/mol. The molecule has 0 aliphatic carbocycles. The summed E-state index contributed by atoms with van der Waals surface area (Å²) in [6.07, 6.45) is 4.53. The van der Waals surface area contributed by atoms with E-state index in [4.69, 9.17) is 11.6 Å². The fourth-order valence-corrected chi connectivity index (χ4v) is 2.37. The number of rotatable bonds is 2. The van der Waals surface area contributed by atoms with Crippen LogP contribution in [0.1, 0.15) is 24.0 Å². The molecule has 18 heavy (non-hydrogen) atoms. The normalized spacial score (nSPS) is 13.8. The largest absolute Gasteiger partial charge is 0.345 e. The van der Waals surface area contributed by atoms with Gasteiger partial charge in [0, 0.05) is 30.9 Å². The van der Waals surface area contributed by atoms with Crippen molar-refractivity contribution in [3.05, 3.63) is 46.6 Å². The summed E-state index contributed by atoms with van der Waals surface area (Å²) in [7, 11) is 0. The van der Waals surface area contributed by atoms with Gasteiger partial charge in [-0.05, 0) is 12.1 Å². The molecule has 0 radical (unpaired) electrons. The molecule has 3 rings (SSSR count). The number of aromatic nitrogens is 3. The third-order valence-electron chi connectivity index (χ3n) is 3.06. The van der Waals surface area contributed by atoms with E-state index in [2.05, 4.69) is 26.8 Å². The van der Waals surface area contributed by atoms with Crippen molar-refractivity contribution in [3.8, 4) is 0 Å². The van der Waals surface area contributed by atoms with Crippen molar-refractivity contribution in [2.75, 3.05) is 4.90 Å². The minimum atomic E-state index is 0.675. The third kappa shape index (κ3) is 1.93. The Labute approximate surface area is 111 Å². The minimum Gasteiger partial charge on any atom is -0.345 e. The summed E-state index contributed by atoms with van der Waals surface area (Å²) in [5.74, 6) is 1.71. The molecule has 2 aromatic heterocycles. The number of halogens is 1. The number of aryl methyl sites for hydroxylation is 1. The summed E-state index contributed by atoms with van der Waals surface area (Å²) >= 11 is 6.17. The van der Waals surface area contributed by atoms with Crippen LogP contribution in [0.15, 0.2) is 24.5 Å². The Kier molecular flexibility index (Phi) is 2.88. The quantitative estimate of drug-likeness (QED) is 0.832. The molecule has 0 unspecified atom stereocenters. The van der Waals surface area contributed by atoms with Crippen LogP contribution < -0.4 is 4.90 Å². The molecule has 0 bridgehead atoms. The lowest BCUT2D eigenvalue weighted by Gasteiger charge is -2.16. The Bertz CT molecular complexity index is 585. The molecule has 92 valence electrons. The minimum absolute atomic E-state index is 0.675. The number of fused-ring (bicyclic) bond motifs is 1. The molecule has 2 aromatic rings. The van der Waals surface area contributed by atoms with Gasteiger partial charge in [0.15, 0.2) is 0 Å². The van der Waals surface area contributed by atoms with E-state index in [1.54, 1.807) is 6.20 Å². The lowest BCUT2D eigenvalue weighted by Crippen LogP contribution is -2.16. The average Bonchev–Trinajstić information content (AvgIpc) is 2.81. The van der Waals surface area contributed by atoms with Crippen LogP contribution in [0, 0.1) is 0 Å². The van der Waals surface area contributed by atoms with E-state index < -0.39 is 0 Å². The Hall–Kier alpha value is -1.68.